The van der Waals surface area contributed by atoms with E-state index in [1.54, 1.807) is 0 Å². The van der Waals surface area contributed by atoms with E-state index in [4.69, 9.17) is 0 Å². The van der Waals surface area contributed by atoms with Crippen molar-refractivity contribution in [3.63, 3.8) is 0 Å². The van der Waals surface area contributed by atoms with E-state index in [1.165, 1.54) is 43.2 Å². The molecule has 2 heteroatoms. The molecule has 1 aliphatic heterocycles. The van der Waals surface area contributed by atoms with Gasteiger partial charge in [-0.2, -0.15) is 0 Å². The van der Waals surface area contributed by atoms with Crippen LogP contribution in [0.2, 0.25) is 0 Å². The lowest BCUT2D eigenvalue weighted by atomic mass is 9.92. The Hall–Kier alpha value is -1.90. The second-order valence-corrected chi connectivity index (χ2v) is 9.06. The van der Waals surface area contributed by atoms with Gasteiger partial charge in [-0.05, 0) is 46.7 Å². The van der Waals surface area contributed by atoms with Gasteiger partial charge in [0.1, 0.15) is 0 Å². The van der Waals surface area contributed by atoms with Gasteiger partial charge in [0.25, 0.3) is 0 Å². The topological polar surface area (TPSA) is 0 Å². The van der Waals surface area contributed by atoms with Crippen LogP contribution in [0.1, 0.15) is 40.3 Å². The van der Waals surface area contributed by atoms with Gasteiger partial charge in [-0.15, -0.1) is 23.5 Å². The van der Waals surface area contributed by atoms with Crippen LogP contribution in [-0.2, 0) is 17.9 Å². The van der Waals surface area contributed by atoms with Gasteiger partial charge in [-0.25, -0.2) is 0 Å². The van der Waals surface area contributed by atoms with Crippen LogP contribution in [0.3, 0.4) is 0 Å². The highest BCUT2D eigenvalue weighted by atomic mass is 32.2. The van der Waals surface area contributed by atoms with E-state index in [9.17, 15) is 0 Å². The van der Waals surface area contributed by atoms with Gasteiger partial charge >= 0.3 is 0 Å². The van der Waals surface area contributed by atoms with Gasteiger partial charge in [-0.3, -0.25) is 0 Å². The zero-order valence-corrected chi connectivity index (χ0v) is 17.5. The number of hydrogen-bond donors (Lipinski definition) is 0. The van der Waals surface area contributed by atoms with Gasteiger partial charge in [0.05, 0.1) is 0 Å². The van der Waals surface area contributed by atoms with Gasteiger partial charge in [0.15, 0.2) is 0 Å². The Kier molecular flexibility index (Phi) is 5.75. The molecule has 136 valence electrons. The van der Waals surface area contributed by atoms with Crippen molar-refractivity contribution in [1.29, 1.82) is 0 Å². The molecule has 0 atom stereocenters. The minimum absolute atomic E-state index is 1.04. The zero-order valence-electron chi connectivity index (χ0n) is 15.9. The van der Waals surface area contributed by atoms with Crippen LogP contribution in [-0.4, -0.2) is 0 Å². The maximum atomic E-state index is 2.30. The molecule has 0 nitrogen and oxygen atoms in total. The smallest absolute Gasteiger partial charge is 0.0492 e. The van der Waals surface area contributed by atoms with Gasteiger partial charge in [-0.1, -0.05) is 79.7 Å². The quantitative estimate of drug-likeness (QED) is 0.457. The second-order valence-electron chi connectivity index (χ2n) is 6.83. The SMILES string of the molecule is CCc1ccccc1C(=C1SCc2ccccc2CS1)c1ccccc1C. The van der Waals surface area contributed by atoms with Crippen LogP contribution in [0.25, 0.3) is 5.57 Å². The Morgan fingerprint density at radius 3 is 1.93 bits per heavy atom. The molecule has 0 bridgehead atoms. The third kappa shape index (κ3) is 3.88. The molecule has 0 fully saturated rings. The summed E-state index contributed by atoms with van der Waals surface area (Å²) in [6.45, 7) is 4.48. The van der Waals surface area contributed by atoms with E-state index in [2.05, 4.69) is 86.6 Å². The lowest BCUT2D eigenvalue weighted by molar-refractivity contribution is 1.13. The molecule has 4 rings (SSSR count). The molecule has 0 amide bonds. The molecule has 0 saturated heterocycles. The van der Waals surface area contributed by atoms with Gasteiger partial charge < -0.3 is 0 Å². The van der Waals surface area contributed by atoms with Crippen LogP contribution in [0.4, 0.5) is 0 Å². The van der Waals surface area contributed by atoms with E-state index >= 15 is 0 Å². The minimum Gasteiger partial charge on any atom is -0.114 e. The maximum Gasteiger partial charge on any atom is 0.0492 e. The molecule has 0 aromatic heterocycles. The molecule has 27 heavy (non-hydrogen) atoms. The van der Waals surface area contributed by atoms with Crippen molar-refractivity contribution in [2.75, 3.05) is 0 Å². The molecule has 0 aliphatic carbocycles. The molecular formula is C25H24S2. The molecule has 0 radical (unpaired) electrons. The maximum absolute atomic E-state index is 2.30. The number of fused-ring (bicyclic) bond motifs is 1. The summed E-state index contributed by atoms with van der Waals surface area (Å²) in [5.41, 5.74) is 9.86. The molecule has 1 heterocycles. The molecular weight excluding hydrogens is 364 g/mol. The first kappa shape index (κ1) is 18.5. The molecule has 0 unspecified atom stereocenters. The van der Waals surface area contributed by atoms with E-state index in [1.807, 2.05) is 23.5 Å². The average Bonchev–Trinajstić information content (AvgIpc) is 2.93. The average molecular weight is 389 g/mol. The van der Waals surface area contributed by atoms with Crippen molar-refractivity contribution in [1.82, 2.24) is 0 Å². The summed E-state index contributed by atoms with van der Waals surface area (Å²) in [6.07, 6.45) is 1.05. The first-order chi connectivity index (χ1) is 13.3. The van der Waals surface area contributed by atoms with E-state index < -0.39 is 0 Å². The highest BCUT2D eigenvalue weighted by Crippen LogP contribution is 2.46. The summed E-state index contributed by atoms with van der Waals surface area (Å²) in [5.74, 6) is 2.09. The normalized spacial score (nSPS) is 13.8. The first-order valence-electron chi connectivity index (χ1n) is 9.49. The van der Waals surface area contributed by atoms with Crippen LogP contribution in [0.5, 0.6) is 0 Å². The standard InChI is InChI=1S/C25H24S2/c1-3-19-11-7-9-15-23(19)24(22-14-8-4-10-18(22)2)25-26-16-20-12-5-6-13-21(20)17-27-25/h4-15H,3,16-17H2,1-2H3. The molecule has 0 saturated carbocycles. The highest BCUT2D eigenvalue weighted by Gasteiger charge is 2.20. The van der Waals surface area contributed by atoms with Crippen LogP contribution < -0.4 is 0 Å². The lowest BCUT2D eigenvalue weighted by Gasteiger charge is -2.18. The number of thioether (sulfide) groups is 2. The van der Waals surface area contributed by atoms with Crippen molar-refractivity contribution < 1.29 is 0 Å². The Morgan fingerprint density at radius 2 is 1.30 bits per heavy atom. The van der Waals surface area contributed by atoms with Crippen molar-refractivity contribution in [3.8, 4) is 0 Å². The van der Waals surface area contributed by atoms with Crippen molar-refractivity contribution in [3.05, 3.63) is 110 Å². The fourth-order valence-corrected chi connectivity index (χ4v) is 6.15. The Bertz CT molecular complexity index is 956. The third-order valence-electron chi connectivity index (χ3n) is 5.12. The fourth-order valence-electron chi connectivity index (χ4n) is 3.60. The van der Waals surface area contributed by atoms with Crippen molar-refractivity contribution >= 4 is 29.1 Å². The number of rotatable bonds is 3. The van der Waals surface area contributed by atoms with E-state index in [0.717, 1.165) is 17.9 Å². The molecule has 0 spiro atoms. The molecule has 1 aliphatic rings. The fraction of sp³-hybridized carbons (Fsp3) is 0.200. The lowest BCUT2D eigenvalue weighted by Crippen LogP contribution is -1.98. The number of benzene rings is 3. The van der Waals surface area contributed by atoms with E-state index in [0.29, 0.717) is 0 Å². The van der Waals surface area contributed by atoms with E-state index in [-0.39, 0.29) is 0 Å². The highest BCUT2D eigenvalue weighted by molar-refractivity contribution is 8.22. The second kappa shape index (κ2) is 8.41. The van der Waals surface area contributed by atoms with Gasteiger partial charge in [0, 0.05) is 21.3 Å². The summed E-state index contributed by atoms with van der Waals surface area (Å²) >= 11 is 3.99. The minimum atomic E-state index is 1.04. The summed E-state index contributed by atoms with van der Waals surface area (Å²) in [4.78, 5) is 0. The predicted molar refractivity (Wildman–Crippen MR) is 122 cm³/mol. The number of aryl methyl sites for hydroxylation is 2. The van der Waals surface area contributed by atoms with Crippen LogP contribution in [0.15, 0.2) is 77.0 Å². The number of hydrogen-bond acceptors (Lipinski definition) is 2. The summed E-state index contributed by atoms with van der Waals surface area (Å²) < 4.78 is 1.45. The van der Waals surface area contributed by atoms with Crippen molar-refractivity contribution in [2.24, 2.45) is 0 Å². The van der Waals surface area contributed by atoms with Crippen LogP contribution >= 0.6 is 23.5 Å². The van der Waals surface area contributed by atoms with Gasteiger partial charge in [0.2, 0.25) is 0 Å². The Balaban J connectivity index is 1.88. The first-order valence-corrected chi connectivity index (χ1v) is 11.5. The predicted octanol–water partition coefficient (Wildman–Crippen LogP) is 7.45. The summed E-state index contributed by atoms with van der Waals surface area (Å²) in [6, 6.07) is 26.6. The monoisotopic (exact) mass is 388 g/mol. The summed E-state index contributed by atoms with van der Waals surface area (Å²) in [7, 11) is 0. The van der Waals surface area contributed by atoms with Crippen LogP contribution in [0, 0.1) is 6.92 Å². The largest absolute Gasteiger partial charge is 0.114 e. The molecule has 3 aromatic carbocycles. The Labute approximate surface area is 171 Å². The third-order valence-corrected chi connectivity index (χ3v) is 7.67. The zero-order chi connectivity index (χ0) is 18.6. The van der Waals surface area contributed by atoms with Crippen molar-refractivity contribution in [2.45, 2.75) is 31.8 Å². The molecule has 3 aromatic rings. The Morgan fingerprint density at radius 1 is 0.741 bits per heavy atom. The molecule has 0 N–H and O–H groups in total. The summed E-state index contributed by atoms with van der Waals surface area (Å²) in [5, 5.41) is 0.